The highest BCUT2D eigenvalue weighted by atomic mass is 35.5. The zero-order chi connectivity index (χ0) is 10.7. The van der Waals surface area contributed by atoms with Gasteiger partial charge in [0, 0.05) is 37.9 Å². The second kappa shape index (κ2) is 7.32. The maximum Gasteiger partial charge on any atom is 0.248 e. The first kappa shape index (κ1) is 16.0. The Kier molecular flexibility index (Phi) is 6.87. The van der Waals surface area contributed by atoms with Crippen molar-refractivity contribution in [1.29, 1.82) is 0 Å². The number of aromatic nitrogens is 1. The lowest BCUT2D eigenvalue weighted by molar-refractivity contribution is 0.1000. The number of nitrogens with two attached hydrogens (primary N) is 1. The number of carbonyl (C=O) groups is 1. The van der Waals surface area contributed by atoms with Crippen LogP contribution in [-0.4, -0.2) is 37.1 Å². The SMILES string of the molecule is Cl.Cl.NC(=O)c1ccnc(N2CCNCC2)c1. The Morgan fingerprint density at radius 2 is 2.00 bits per heavy atom. The van der Waals surface area contributed by atoms with Crippen LogP contribution in [0.3, 0.4) is 0 Å². The van der Waals surface area contributed by atoms with Gasteiger partial charge in [-0.2, -0.15) is 0 Å². The molecule has 96 valence electrons. The molecule has 1 saturated heterocycles. The average molecular weight is 279 g/mol. The Labute approximate surface area is 113 Å². The highest BCUT2D eigenvalue weighted by Crippen LogP contribution is 2.12. The van der Waals surface area contributed by atoms with Crippen LogP contribution < -0.4 is 16.0 Å². The molecule has 5 nitrogen and oxygen atoms in total. The molecule has 7 heteroatoms. The van der Waals surface area contributed by atoms with Crippen LogP contribution >= 0.6 is 24.8 Å². The summed E-state index contributed by atoms with van der Waals surface area (Å²) in [5.74, 6) is 0.418. The van der Waals surface area contributed by atoms with Gasteiger partial charge in [-0.3, -0.25) is 4.79 Å². The van der Waals surface area contributed by atoms with E-state index >= 15 is 0 Å². The van der Waals surface area contributed by atoms with Crippen LogP contribution in [0.1, 0.15) is 10.4 Å². The average Bonchev–Trinajstić information content (AvgIpc) is 2.30. The van der Waals surface area contributed by atoms with Crippen molar-refractivity contribution in [2.24, 2.45) is 5.73 Å². The lowest BCUT2D eigenvalue weighted by Crippen LogP contribution is -2.43. The first-order valence-electron chi connectivity index (χ1n) is 4.99. The van der Waals surface area contributed by atoms with E-state index < -0.39 is 5.91 Å². The molecule has 0 saturated carbocycles. The molecule has 3 N–H and O–H groups in total. The van der Waals surface area contributed by atoms with Crippen molar-refractivity contribution in [1.82, 2.24) is 10.3 Å². The Morgan fingerprint density at radius 3 is 2.59 bits per heavy atom. The van der Waals surface area contributed by atoms with Gasteiger partial charge in [-0.15, -0.1) is 24.8 Å². The zero-order valence-corrected chi connectivity index (χ0v) is 10.9. The Bertz CT molecular complexity index is 369. The van der Waals surface area contributed by atoms with Crippen LogP contribution in [0.25, 0.3) is 0 Å². The van der Waals surface area contributed by atoms with Crippen molar-refractivity contribution in [2.75, 3.05) is 31.1 Å². The lowest BCUT2D eigenvalue weighted by Gasteiger charge is -2.28. The highest BCUT2D eigenvalue weighted by Gasteiger charge is 2.12. The summed E-state index contributed by atoms with van der Waals surface area (Å²) >= 11 is 0. The van der Waals surface area contributed by atoms with Crippen molar-refractivity contribution in [3.8, 4) is 0 Å². The van der Waals surface area contributed by atoms with Crippen molar-refractivity contribution in [3.05, 3.63) is 23.9 Å². The third-order valence-electron chi connectivity index (χ3n) is 2.47. The number of hydrogen-bond donors (Lipinski definition) is 2. The number of amides is 1. The van der Waals surface area contributed by atoms with Gasteiger partial charge in [-0.25, -0.2) is 4.98 Å². The number of hydrogen-bond acceptors (Lipinski definition) is 4. The largest absolute Gasteiger partial charge is 0.366 e. The number of nitrogens with zero attached hydrogens (tertiary/aromatic N) is 2. The van der Waals surface area contributed by atoms with Crippen molar-refractivity contribution < 1.29 is 4.79 Å². The summed E-state index contributed by atoms with van der Waals surface area (Å²) in [6.45, 7) is 3.72. The van der Waals surface area contributed by atoms with Gasteiger partial charge in [0.15, 0.2) is 0 Å². The summed E-state index contributed by atoms with van der Waals surface area (Å²) in [5, 5.41) is 3.26. The minimum atomic E-state index is -0.409. The fourth-order valence-electron chi connectivity index (χ4n) is 1.64. The normalized spacial score (nSPS) is 14.5. The van der Waals surface area contributed by atoms with Crippen LogP contribution in [0.4, 0.5) is 5.82 Å². The van der Waals surface area contributed by atoms with E-state index in [-0.39, 0.29) is 24.8 Å². The Morgan fingerprint density at radius 1 is 1.35 bits per heavy atom. The topological polar surface area (TPSA) is 71.2 Å². The molecule has 0 spiro atoms. The van der Waals surface area contributed by atoms with Crippen molar-refractivity contribution >= 4 is 36.5 Å². The second-order valence-electron chi connectivity index (χ2n) is 3.50. The molecule has 1 aromatic rings. The number of piperazine rings is 1. The van der Waals surface area contributed by atoms with Gasteiger partial charge in [-0.05, 0) is 12.1 Å². The van der Waals surface area contributed by atoms with E-state index in [1.807, 2.05) is 0 Å². The van der Waals surface area contributed by atoms with Crippen LogP contribution in [0, 0.1) is 0 Å². The predicted octanol–water partition coefficient (Wildman–Crippen LogP) is 0.434. The van der Waals surface area contributed by atoms with Crippen LogP contribution in [0.2, 0.25) is 0 Å². The third-order valence-corrected chi connectivity index (χ3v) is 2.47. The maximum atomic E-state index is 11.0. The number of rotatable bonds is 2. The summed E-state index contributed by atoms with van der Waals surface area (Å²) in [7, 11) is 0. The number of pyridine rings is 1. The summed E-state index contributed by atoms with van der Waals surface area (Å²) in [5.41, 5.74) is 5.73. The van der Waals surface area contributed by atoms with E-state index in [2.05, 4.69) is 15.2 Å². The summed E-state index contributed by atoms with van der Waals surface area (Å²) in [6.07, 6.45) is 1.62. The van der Waals surface area contributed by atoms with Crippen molar-refractivity contribution in [2.45, 2.75) is 0 Å². The molecule has 1 aliphatic rings. The van der Waals surface area contributed by atoms with Gasteiger partial charge < -0.3 is 16.0 Å². The third kappa shape index (κ3) is 4.03. The van der Waals surface area contributed by atoms with Gasteiger partial charge in [0.25, 0.3) is 0 Å². The van der Waals surface area contributed by atoms with Crippen LogP contribution in [0.15, 0.2) is 18.3 Å². The van der Waals surface area contributed by atoms with Gasteiger partial charge in [0.1, 0.15) is 5.82 Å². The predicted molar refractivity (Wildman–Crippen MR) is 72.3 cm³/mol. The van der Waals surface area contributed by atoms with E-state index in [1.54, 1.807) is 18.3 Å². The number of nitrogens with one attached hydrogen (secondary N) is 1. The molecule has 2 rings (SSSR count). The molecule has 1 fully saturated rings. The quantitative estimate of drug-likeness (QED) is 0.823. The van der Waals surface area contributed by atoms with E-state index in [0.29, 0.717) is 5.56 Å². The molecule has 0 atom stereocenters. The van der Waals surface area contributed by atoms with Gasteiger partial charge >= 0.3 is 0 Å². The molecule has 1 aliphatic heterocycles. The minimum Gasteiger partial charge on any atom is -0.366 e. The molecule has 0 bridgehead atoms. The Balaban J connectivity index is 0.00000128. The molecule has 1 aromatic heterocycles. The second-order valence-corrected chi connectivity index (χ2v) is 3.50. The van der Waals surface area contributed by atoms with E-state index in [9.17, 15) is 4.79 Å². The highest BCUT2D eigenvalue weighted by molar-refractivity contribution is 5.93. The summed E-state index contributed by atoms with van der Waals surface area (Å²) in [4.78, 5) is 17.4. The molecule has 0 unspecified atom stereocenters. The summed E-state index contributed by atoms with van der Waals surface area (Å²) < 4.78 is 0. The molecular weight excluding hydrogens is 263 g/mol. The molecular formula is C10H16Cl2N4O. The molecule has 17 heavy (non-hydrogen) atoms. The number of halogens is 2. The number of primary amides is 1. The standard InChI is InChI=1S/C10H14N4O.2ClH/c11-10(15)8-1-2-13-9(7-8)14-5-3-12-4-6-14;;/h1-2,7,12H,3-6H2,(H2,11,15);2*1H. The van der Waals surface area contributed by atoms with E-state index in [1.165, 1.54) is 0 Å². The Hall–Kier alpha value is -1.04. The van der Waals surface area contributed by atoms with Crippen LogP contribution in [0.5, 0.6) is 0 Å². The molecule has 1 amide bonds. The monoisotopic (exact) mass is 278 g/mol. The molecule has 0 radical (unpaired) electrons. The van der Waals surface area contributed by atoms with E-state index in [4.69, 9.17) is 5.73 Å². The smallest absolute Gasteiger partial charge is 0.248 e. The van der Waals surface area contributed by atoms with E-state index in [0.717, 1.165) is 32.0 Å². The minimum absolute atomic E-state index is 0. The fraction of sp³-hybridized carbons (Fsp3) is 0.400. The lowest BCUT2D eigenvalue weighted by atomic mass is 10.2. The molecule has 2 heterocycles. The van der Waals surface area contributed by atoms with Gasteiger partial charge in [-0.1, -0.05) is 0 Å². The summed E-state index contributed by atoms with van der Waals surface area (Å²) in [6, 6.07) is 3.38. The number of carbonyl (C=O) groups excluding carboxylic acids is 1. The molecule has 0 aromatic carbocycles. The van der Waals surface area contributed by atoms with Gasteiger partial charge in [0.2, 0.25) is 5.91 Å². The van der Waals surface area contributed by atoms with Crippen molar-refractivity contribution in [3.63, 3.8) is 0 Å². The molecule has 0 aliphatic carbocycles. The first-order valence-corrected chi connectivity index (χ1v) is 4.99. The zero-order valence-electron chi connectivity index (χ0n) is 9.26. The fourth-order valence-corrected chi connectivity index (χ4v) is 1.64. The number of anilines is 1. The van der Waals surface area contributed by atoms with Crippen LogP contribution in [-0.2, 0) is 0 Å². The first-order chi connectivity index (χ1) is 7.27. The maximum absolute atomic E-state index is 11.0. The van der Waals surface area contributed by atoms with Gasteiger partial charge in [0.05, 0.1) is 0 Å².